The molecule has 7 aromatic heterocycles. The van der Waals surface area contributed by atoms with Gasteiger partial charge in [0.1, 0.15) is 44.8 Å². The van der Waals surface area contributed by atoms with Crippen LogP contribution in [0.5, 0.6) is 0 Å². The number of pyridine rings is 4. The van der Waals surface area contributed by atoms with E-state index in [4.69, 9.17) is 9.97 Å². The summed E-state index contributed by atoms with van der Waals surface area (Å²) in [5.74, 6) is 0. The van der Waals surface area contributed by atoms with Crippen molar-refractivity contribution >= 4 is 46.4 Å². The van der Waals surface area contributed by atoms with Gasteiger partial charge in [-0.3, -0.25) is 0 Å². The summed E-state index contributed by atoms with van der Waals surface area (Å²) in [6.45, 7) is 8.99. The lowest BCUT2D eigenvalue weighted by Crippen LogP contribution is -2.32. The zero-order chi connectivity index (χ0) is 43.8. The van der Waals surface area contributed by atoms with Gasteiger partial charge in [-0.15, -0.1) is 0 Å². The van der Waals surface area contributed by atoms with Crippen molar-refractivity contribution in [3.8, 4) is 22.7 Å². The predicted molar refractivity (Wildman–Crippen MR) is 259 cm³/mol. The second kappa shape index (κ2) is 19.7. The summed E-state index contributed by atoms with van der Waals surface area (Å²) in [5, 5.41) is 0. The van der Waals surface area contributed by atoms with Crippen LogP contribution in [0.15, 0.2) is 122 Å². The standard InChI is InChI=1S/C56H62N8/c1-5-9-13-41-25-33-61(34-26-41)53-45-17-19-47(57-45)54(62-35-27-42(28-36-62)14-10-6-2)49-21-23-51(59-49)56(64-39-31-44(32-40-64)16-12-8-4)52-24-22-50(60-52)55(48-20-18-46(53)58-48)63-37-29-43(30-38-63)15-11-7-3/h17-40,57,60H,5-16H2,1-4H3/q+4. The molecule has 2 aliphatic rings. The van der Waals surface area contributed by atoms with E-state index in [-0.39, 0.29) is 0 Å². The molecule has 7 aromatic rings. The monoisotopic (exact) mass is 847 g/mol. The molecule has 0 amide bonds. The molecule has 64 heavy (non-hydrogen) atoms. The Morgan fingerprint density at radius 2 is 0.547 bits per heavy atom. The highest BCUT2D eigenvalue weighted by atomic mass is 15.0. The average molecular weight is 847 g/mol. The Labute approximate surface area is 378 Å². The largest absolute Gasteiger partial charge is 0.345 e. The molecule has 0 radical (unpaired) electrons. The van der Waals surface area contributed by atoms with Gasteiger partial charge in [-0.05, 0) is 122 Å². The molecule has 0 saturated carbocycles. The van der Waals surface area contributed by atoms with E-state index in [0.29, 0.717) is 0 Å². The van der Waals surface area contributed by atoms with Gasteiger partial charge in [0.25, 0.3) is 22.7 Å². The Bertz CT molecular complexity index is 2560. The number of nitrogens with zero attached hydrogens (tertiary/aromatic N) is 6. The molecule has 8 heteroatoms. The van der Waals surface area contributed by atoms with Gasteiger partial charge in [-0.1, -0.05) is 53.4 Å². The highest BCUT2D eigenvalue weighted by molar-refractivity contribution is 5.87. The average Bonchev–Trinajstić information content (AvgIpc) is 4.19. The first kappa shape index (κ1) is 42.5. The maximum atomic E-state index is 5.51. The number of fused-ring (bicyclic) bond motifs is 8. The molecular formula is C56H62N8+4. The second-order valence-corrected chi connectivity index (χ2v) is 17.3. The third-order valence-electron chi connectivity index (χ3n) is 12.5. The molecule has 0 unspecified atom stereocenters. The van der Waals surface area contributed by atoms with Gasteiger partial charge in [0, 0.05) is 48.5 Å². The molecule has 8 bridgehead atoms. The van der Waals surface area contributed by atoms with E-state index in [0.717, 1.165) is 93.3 Å². The molecule has 8 nitrogen and oxygen atoms in total. The van der Waals surface area contributed by atoms with Gasteiger partial charge >= 0.3 is 0 Å². The zero-order valence-corrected chi connectivity index (χ0v) is 38.0. The summed E-state index contributed by atoms with van der Waals surface area (Å²) in [7, 11) is 0. The highest BCUT2D eigenvalue weighted by Crippen LogP contribution is 2.28. The number of aryl methyl sites for hydroxylation is 4. The lowest BCUT2D eigenvalue weighted by Gasteiger charge is -2.03. The Hall–Kier alpha value is -6.80. The first-order valence-electron chi connectivity index (χ1n) is 23.7. The lowest BCUT2D eigenvalue weighted by atomic mass is 10.1. The van der Waals surface area contributed by atoms with Crippen LogP contribution in [-0.2, 0) is 25.7 Å². The molecule has 9 rings (SSSR count). The van der Waals surface area contributed by atoms with Crippen LogP contribution in [-0.4, -0.2) is 19.9 Å². The van der Waals surface area contributed by atoms with Gasteiger partial charge < -0.3 is 9.97 Å². The second-order valence-electron chi connectivity index (χ2n) is 17.3. The number of unbranched alkanes of at least 4 members (excludes halogenated alkanes) is 4. The molecule has 0 aliphatic carbocycles. The van der Waals surface area contributed by atoms with Crippen LogP contribution in [0.3, 0.4) is 0 Å². The minimum absolute atomic E-state index is 0.875. The Kier molecular flexibility index (Phi) is 13.1. The molecule has 0 spiro atoms. The molecule has 322 valence electrons. The molecule has 9 heterocycles. The number of nitrogens with one attached hydrogen (secondary N) is 2. The molecule has 0 fully saturated rings. The van der Waals surface area contributed by atoms with E-state index < -0.39 is 0 Å². The van der Waals surface area contributed by atoms with Crippen LogP contribution in [0.1, 0.15) is 124 Å². The van der Waals surface area contributed by atoms with Crippen LogP contribution < -0.4 is 18.3 Å². The zero-order valence-electron chi connectivity index (χ0n) is 38.0. The number of aromatic nitrogens is 8. The SMILES string of the molecule is CCCCc1cc[n+](-c2c3nc(c(-[n+]4ccc(CCCC)cc4)c4ccc([nH]4)c(-[n+]4ccc(CCCC)cc4)c4nc(c(-[n+]5ccc(CCCC)cc5)c5ccc2[nH]5)C=C4)C=C3)cc1. The maximum absolute atomic E-state index is 5.51. The topological polar surface area (TPSA) is 72.9 Å². The summed E-state index contributed by atoms with van der Waals surface area (Å²) in [4.78, 5) is 18.8. The van der Waals surface area contributed by atoms with E-state index in [2.05, 4.69) is 203 Å². The summed E-state index contributed by atoms with van der Waals surface area (Å²) in [5.41, 5.74) is 16.6. The van der Waals surface area contributed by atoms with Gasteiger partial charge in [0.2, 0.25) is 0 Å². The number of aromatic amines is 2. The Balaban J connectivity index is 1.36. The van der Waals surface area contributed by atoms with Crippen molar-refractivity contribution in [3.05, 3.63) is 167 Å². The van der Waals surface area contributed by atoms with Gasteiger partial charge in [0.15, 0.2) is 49.6 Å². The van der Waals surface area contributed by atoms with Crippen LogP contribution in [0.2, 0.25) is 0 Å². The summed E-state index contributed by atoms with van der Waals surface area (Å²) >= 11 is 0. The predicted octanol–water partition coefficient (Wildman–Crippen LogP) is 11.1. The Morgan fingerprint density at radius 3 is 0.750 bits per heavy atom. The first-order chi connectivity index (χ1) is 31.5. The van der Waals surface area contributed by atoms with Crippen molar-refractivity contribution < 1.29 is 18.3 Å². The fraction of sp³-hybridized carbons (Fsp3) is 0.286. The number of rotatable bonds is 16. The van der Waals surface area contributed by atoms with Gasteiger partial charge in [0.05, 0.1) is 0 Å². The smallest absolute Gasteiger partial charge is 0.260 e. The number of hydrogen-bond acceptors (Lipinski definition) is 2. The quantitative estimate of drug-likeness (QED) is 0.0951. The molecular weight excluding hydrogens is 785 g/mol. The highest BCUT2D eigenvalue weighted by Gasteiger charge is 2.27. The van der Waals surface area contributed by atoms with E-state index >= 15 is 0 Å². The van der Waals surface area contributed by atoms with Crippen molar-refractivity contribution in [2.75, 3.05) is 0 Å². The van der Waals surface area contributed by atoms with Gasteiger partial charge in [-0.25, -0.2) is 9.97 Å². The van der Waals surface area contributed by atoms with Crippen molar-refractivity contribution in [2.45, 2.75) is 105 Å². The van der Waals surface area contributed by atoms with Crippen molar-refractivity contribution in [1.29, 1.82) is 0 Å². The van der Waals surface area contributed by atoms with Crippen LogP contribution in [0.25, 0.3) is 69.1 Å². The third kappa shape index (κ3) is 9.14. The van der Waals surface area contributed by atoms with Crippen LogP contribution in [0, 0.1) is 0 Å². The molecule has 0 aromatic carbocycles. The van der Waals surface area contributed by atoms with E-state index in [1.54, 1.807) is 0 Å². The summed E-state index contributed by atoms with van der Waals surface area (Å²) in [6, 6.07) is 26.7. The lowest BCUT2D eigenvalue weighted by molar-refractivity contribution is -0.595. The summed E-state index contributed by atoms with van der Waals surface area (Å²) in [6.07, 6.45) is 39.7. The van der Waals surface area contributed by atoms with Crippen molar-refractivity contribution in [3.63, 3.8) is 0 Å². The van der Waals surface area contributed by atoms with E-state index in [1.165, 1.54) is 73.6 Å². The van der Waals surface area contributed by atoms with E-state index in [9.17, 15) is 0 Å². The minimum Gasteiger partial charge on any atom is -0.345 e. The molecule has 0 saturated heterocycles. The van der Waals surface area contributed by atoms with Crippen molar-refractivity contribution in [1.82, 2.24) is 19.9 Å². The fourth-order valence-electron chi connectivity index (χ4n) is 8.85. The van der Waals surface area contributed by atoms with Crippen LogP contribution in [0.4, 0.5) is 0 Å². The maximum Gasteiger partial charge on any atom is 0.260 e. The third-order valence-corrected chi connectivity index (χ3v) is 12.5. The number of H-pyrrole nitrogens is 2. The number of hydrogen-bond donors (Lipinski definition) is 2. The normalized spacial score (nSPS) is 12.1. The van der Waals surface area contributed by atoms with Gasteiger partial charge in [-0.2, -0.15) is 18.3 Å². The van der Waals surface area contributed by atoms with Crippen LogP contribution >= 0.6 is 0 Å². The Morgan fingerprint density at radius 1 is 0.328 bits per heavy atom. The van der Waals surface area contributed by atoms with Crippen molar-refractivity contribution in [2.24, 2.45) is 0 Å². The summed E-state index contributed by atoms with van der Waals surface area (Å²) < 4.78 is 8.84. The molecule has 0 atom stereocenters. The van der Waals surface area contributed by atoms with E-state index in [1.807, 2.05) is 0 Å². The molecule has 2 aliphatic heterocycles. The fourth-order valence-corrected chi connectivity index (χ4v) is 8.85. The minimum atomic E-state index is 0.875. The molecule has 2 N–H and O–H groups in total. The first-order valence-corrected chi connectivity index (χ1v) is 23.7.